The van der Waals surface area contributed by atoms with Crippen molar-refractivity contribution in [2.45, 2.75) is 44.7 Å². The summed E-state index contributed by atoms with van der Waals surface area (Å²) in [4.78, 5) is 5.56. The summed E-state index contributed by atoms with van der Waals surface area (Å²) in [6, 6.07) is 1.84. The second-order valence-electron chi connectivity index (χ2n) is 7.63. The SMILES string of the molecule is CC1CN(C2CCN(C3CC4CNCC4C3)CC2)C1. The van der Waals surface area contributed by atoms with Crippen LogP contribution in [0.3, 0.4) is 0 Å². The Balaban J connectivity index is 1.27. The van der Waals surface area contributed by atoms with E-state index in [4.69, 9.17) is 0 Å². The quantitative estimate of drug-likeness (QED) is 0.812. The average Bonchev–Trinajstić information content (AvgIpc) is 2.96. The largest absolute Gasteiger partial charge is 0.316 e. The molecule has 2 unspecified atom stereocenters. The highest BCUT2D eigenvalue weighted by Gasteiger charge is 2.41. The minimum atomic E-state index is 0.912. The number of fused-ring (bicyclic) bond motifs is 1. The zero-order valence-corrected chi connectivity index (χ0v) is 12.4. The van der Waals surface area contributed by atoms with Gasteiger partial charge in [0.1, 0.15) is 0 Å². The lowest BCUT2D eigenvalue weighted by molar-refractivity contribution is 0.0174. The highest BCUT2D eigenvalue weighted by molar-refractivity contribution is 4.96. The van der Waals surface area contributed by atoms with Crippen LogP contribution in [0.2, 0.25) is 0 Å². The van der Waals surface area contributed by atoms with Gasteiger partial charge in [0, 0.05) is 25.2 Å². The van der Waals surface area contributed by atoms with Crippen molar-refractivity contribution in [2.24, 2.45) is 17.8 Å². The van der Waals surface area contributed by atoms with Crippen LogP contribution >= 0.6 is 0 Å². The standard InChI is InChI=1S/C16H29N3/c1-12-10-19(11-12)15-2-4-18(5-3-15)16-6-13-8-17-9-14(13)7-16/h12-17H,2-11H2,1H3. The van der Waals surface area contributed by atoms with E-state index in [1.807, 2.05) is 0 Å². The molecule has 0 spiro atoms. The van der Waals surface area contributed by atoms with E-state index in [1.165, 1.54) is 65.0 Å². The minimum Gasteiger partial charge on any atom is -0.316 e. The third kappa shape index (κ3) is 2.34. The zero-order valence-electron chi connectivity index (χ0n) is 12.4. The fraction of sp³-hybridized carbons (Fsp3) is 1.00. The molecule has 0 aromatic heterocycles. The second-order valence-corrected chi connectivity index (χ2v) is 7.63. The van der Waals surface area contributed by atoms with Crippen molar-refractivity contribution in [3.05, 3.63) is 0 Å². The van der Waals surface area contributed by atoms with Crippen LogP contribution in [0.1, 0.15) is 32.6 Å². The third-order valence-electron chi connectivity index (χ3n) is 6.25. The molecule has 0 amide bonds. The lowest BCUT2D eigenvalue weighted by atomic mass is 9.94. The zero-order chi connectivity index (χ0) is 12.8. The Morgan fingerprint density at radius 3 is 2.05 bits per heavy atom. The Morgan fingerprint density at radius 2 is 1.47 bits per heavy atom. The van der Waals surface area contributed by atoms with Gasteiger partial charge in [-0.1, -0.05) is 6.92 Å². The van der Waals surface area contributed by atoms with Gasteiger partial charge >= 0.3 is 0 Å². The Labute approximate surface area is 117 Å². The van der Waals surface area contributed by atoms with Gasteiger partial charge in [-0.15, -0.1) is 0 Å². The molecule has 3 aliphatic heterocycles. The fourth-order valence-electron chi connectivity index (χ4n) is 5.09. The minimum absolute atomic E-state index is 0.912. The molecule has 4 rings (SSSR count). The first kappa shape index (κ1) is 12.6. The van der Waals surface area contributed by atoms with Crippen LogP contribution in [0.4, 0.5) is 0 Å². The fourth-order valence-corrected chi connectivity index (χ4v) is 5.09. The predicted molar refractivity (Wildman–Crippen MR) is 78.2 cm³/mol. The Hall–Kier alpha value is -0.120. The van der Waals surface area contributed by atoms with Crippen molar-refractivity contribution in [3.8, 4) is 0 Å². The van der Waals surface area contributed by atoms with Crippen LogP contribution in [0, 0.1) is 17.8 Å². The van der Waals surface area contributed by atoms with Gasteiger partial charge in [0.05, 0.1) is 0 Å². The molecular weight excluding hydrogens is 234 g/mol. The van der Waals surface area contributed by atoms with Crippen LogP contribution in [-0.2, 0) is 0 Å². The molecule has 19 heavy (non-hydrogen) atoms. The Morgan fingerprint density at radius 1 is 0.842 bits per heavy atom. The molecule has 3 saturated heterocycles. The third-order valence-corrected chi connectivity index (χ3v) is 6.25. The van der Waals surface area contributed by atoms with Crippen molar-refractivity contribution in [1.82, 2.24) is 15.1 Å². The maximum Gasteiger partial charge on any atom is 0.0120 e. The van der Waals surface area contributed by atoms with Crippen LogP contribution in [0.15, 0.2) is 0 Å². The molecule has 1 aliphatic carbocycles. The van der Waals surface area contributed by atoms with Gasteiger partial charge in [0.15, 0.2) is 0 Å². The molecule has 3 heterocycles. The van der Waals surface area contributed by atoms with Crippen LogP contribution in [-0.4, -0.2) is 61.2 Å². The van der Waals surface area contributed by atoms with E-state index in [0.29, 0.717) is 0 Å². The highest BCUT2D eigenvalue weighted by atomic mass is 15.2. The first-order valence-electron chi connectivity index (χ1n) is 8.48. The maximum absolute atomic E-state index is 3.56. The van der Waals surface area contributed by atoms with Crippen molar-refractivity contribution in [1.29, 1.82) is 0 Å². The molecule has 0 radical (unpaired) electrons. The van der Waals surface area contributed by atoms with Gasteiger partial charge < -0.3 is 10.2 Å². The Kier molecular flexibility index (Phi) is 3.33. The van der Waals surface area contributed by atoms with E-state index < -0.39 is 0 Å². The molecule has 3 heteroatoms. The summed E-state index contributed by atoms with van der Waals surface area (Å²) in [7, 11) is 0. The first-order chi connectivity index (χ1) is 9.29. The molecule has 0 aromatic carbocycles. The molecule has 2 atom stereocenters. The molecule has 0 bridgehead atoms. The average molecular weight is 263 g/mol. The normalized spacial score (nSPS) is 42.5. The van der Waals surface area contributed by atoms with Gasteiger partial charge in [-0.3, -0.25) is 4.90 Å². The van der Waals surface area contributed by atoms with Crippen LogP contribution in [0.25, 0.3) is 0 Å². The number of nitrogens with one attached hydrogen (secondary N) is 1. The van der Waals surface area contributed by atoms with E-state index in [0.717, 1.165) is 29.8 Å². The van der Waals surface area contributed by atoms with Crippen molar-refractivity contribution >= 4 is 0 Å². The van der Waals surface area contributed by atoms with Gasteiger partial charge in [-0.05, 0) is 69.6 Å². The van der Waals surface area contributed by atoms with Gasteiger partial charge in [0.25, 0.3) is 0 Å². The molecule has 1 N–H and O–H groups in total. The van der Waals surface area contributed by atoms with Gasteiger partial charge in [-0.2, -0.15) is 0 Å². The molecule has 0 aromatic rings. The highest BCUT2D eigenvalue weighted by Crippen LogP contribution is 2.38. The van der Waals surface area contributed by atoms with Crippen molar-refractivity contribution in [3.63, 3.8) is 0 Å². The number of piperidine rings is 1. The van der Waals surface area contributed by atoms with E-state index in [1.54, 1.807) is 0 Å². The smallest absolute Gasteiger partial charge is 0.0120 e. The summed E-state index contributed by atoms with van der Waals surface area (Å²) >= 11 is 0. The Bertz CT molecular complexity index is 306. The number of hydrogen-bond acceptors (Lipinski definition) is 3. The van der Waals surface area contributed by atoms with Crippen LogP contribution < -0.4 is 5.32 Å². The van der Waals surface area contributed by atoms with Crippen molar-refractivity contribution in [2.75, 3.05) is 39.3 Å². The number of rotatable bonds is 2. The monoisotopic (exact) mass is 263 g/mol. The van der Waals surface area contributed by atoms with Gasteiger partial charge in [-0.25, -0.2) is 0 Å². The number of nitrogens with zero attached hydrogens (tertiary/aromatic N) is 2. The molecule has 4 aliphatic rings. The first-order valence-corrected chi connectivity index (χ1v) is 8.48. The number of likely N-dealkylation sites (tertiary alicyclic amines) is 2. The second kappa shape index (κ2) is 5.01. The topological polar surface area (TPSA) is 18.5 Å². The van der Waals surface area contributed by atoms with E-state index in [-0.39, 0.29) is 0 Å². The molecule has 4 fully saturated rings. The summed E-state index contributed by atoms with van der Waals surface area (Å²) in [5.74, 6) is 2.96. The molecule has 1 saturated carbocycles. The van der Waals surface area contributed by atoms with E-state index >= 15 is 0 Å². The summed E-state index contributed by atoms with van der Waals surface area (Å²) in [6.07, 6.45) is 5.81. The summed E-state index contributed by atoms with van der Waals surface area (Å²) < 4.78 is 0. The van der Waals surface area contributed by atoms with E-state index in [2.05, 4.69) is 22.0 Å². The lowest BCUT2D eigenvalue weighted by Crippen LogP contribution is -2.55. The van der Waals surface area contributed by atoms with Gasteiger partial charge in [0.2, 0.25) is 0 Å². The van der Waals surface area contributed by atoms with E-state index in [9.17, 15) is 0 Å². The summed E-state index contributed by atoms with van der Waals surface area (Å²) in [6.45, 7) is 10.4. The summed E-state index contributed by atoms with van der Waals surface area (Å²) in [5, 5.41) is 3.56. The van der Waals surface area contributed by atoms with Crippen molar-refractivity contribution < 1.29 is 0 Å². The maximum atomic E-state index is 3.56. The molecular formula is C16H29N3. The van der Waals surface area contributed by atoms with Crippen LogP contribution in [0.5, 0.6) is 0 Å². The predicted octanol–water partition coefficient (Wildman–Crippen LogP) is 1.40. The summed E-state index contributed by atoms with van der Waals surface area (Å²) in [5.41, 5.74) is 0. The lowest BCUT2D eigenvalue weighted by Gasteiger charge is -2.47. The number of hydrogen-bond donors (Lipinski definition) is 1. The molecule has 3 nitrogen and oxygen atoms in total. The molecule has 108 valence electrons.